The fraction of sp³-hybridized carbons (Fsp3) is 0.263. The summed E-state index contributed by atoms with van der Waals surface area (Å²) < 4.78 is 5.20. The first-order chi connectivity index (χ1) is 11.3. The van der Waals surface area contributed by atoms with Gasteiger partial charge in [0.15, 0.2) is 0 Å². The molecular weight excluding hydrogens is 288 g/mol. The Morgan fingerprint density at radius 3 is 2.83 bits per heavy atom. The Balaban J connectivity index is 1.72. The normalized spacial score (nSPS) is 17.6. The summed E-state index contributed by atoms with van der Waals surface area (Å²) in [6, 6.07) is 11.9. The van der Waals surface area contributed by atoms with Crippen molar-refractivity contribution in [2.24, 2.45) is 0 Å². The van der Waals surface area contributed by atoms with Crippen LogP contribution in [-0.4, -0.2) is 29.4 Å². The van der Waals surface area contributed by atoms with Gasteiger partial charge in [0, 0.05) is 25.0 Å². The molecule has 3 rings (SSSR count). The van der Waals surface area contributed by atoms with Crippen LogP contribution in [0, 0.1) is 0 Å². The highest BCUT2D eigenvalue weighted by Gasteiger charge is 2.28. The Bertz CT molecular complexity index is 680. The average Bonchev–Trinajstić information content (AvgIpc) is 3.10. The van der Waals surface area contributed by atoms with Gasteiger partial charge in [-0.3, -0.25) is 9.78 Å². The predicted octanol–water partition coefficient (Wildman–Crippen LogP) is 3.47. The third kappa shape index (κ3) is 3.59. The molecule has 0 saturated carbocycles. The Morgan fingerprint density at radius 2 is 2.13 bits per heavy atom. The molecule has 2 aromatic rings. The van der Waals surface area contributed by atoms with Crippen LogP contribution in [0.1, 0.15) is 30.0 Å². The quantitative estimate of drug-likeness (QED) is 0.812. The minimum Gasteiger partial charge on any atom is -0.497 e. The van der Waals surface area contributed by atoms with Crippen molar-refractivity contribution in [1.29, 1.82) is 0 Å². The molecule has 2 heterocycles. The first-order valence-electron chi connectivity index (χ1n) is 7.80. The lowest BCUT2D eigenvalue weighted by atomic mass is 10.0. The van der Waals surface area contributed by atoms with Crippen molar-refractivity contribution in [3.8, 4) is 5.75 Å². The Kier molecular flexibility index (Phi) is 4.71. The molecule has 0 spiro atoms. The largest absolute Gasteiger partial charge is 0.497 e. The van der Waals surface area contributed by atoms with E-state index in [9.17, 15) is 4.79 Å². The third-order valence-corrected chi connectivity index (χ3v) is 4.14. The summed E-state index contributed by atoms with van der Waals surface area (Å²) in [5.41, 5.74) is 2.09. The zero-order valence-electron chi connectivity index (χ0n) is 13.2. The second kappa shape index (κ2) is 7.09. The van der Waals surface area contributed by atoms with Crippen molar-refractivity contribution in [3.63, 3.8) is 0 Å². The molecule has 1 unspecified atom stereocenters. The van der Waals surface area contributed by atoms with E-state index in [1.807, 2.05) is 47.4 Å². The summed E-state index contributed by atoms with van der Waals surface area (Å²) in [5, 5.41) is 0. The predicted molar refractivity (Wildman–Crippen MR) is 90.0 cm³/mol. The Morgan fingerprint density at radius 1 is 1.30 bits per heavy atom. The van der Waals surface area contributed by atoms with Gasteiger partial charge in [-0.2, -0.15) is 0 Å². The van der Waals surface area contributed by atoms with Crippen LogP contribution in [0.25, 0.3) is 6.08 Å². The highest BCUT2D eigenvalue weighted by molar-refractivity contribution is 5.92. The van der Waals surface area contributed by atoms with E-state index in [0.29, 0.717) is 0 Å². The number of nitrogens with zero attached hydrogens (tertiary/aromatic N) is 2. The fourth-order valence-electron chi connectivity index (χ4n) is 2.94. The number of benzene rings is 1. The molecule has 4 nitrogen and oxygen atoms in total. The molecule has 1 aliphatic rings. The van der Waals surface area contributed by atoms with Gasteiger partial charge in [0.25, 0.3) is 0 Å². The molecule has 1 aliphatic heterocycles. The number of likely N-dealkylation sites (tertiary alicyclic amines) is 1. The van der Waals surface area contributed by atoms with Gasteiger partial charge in [0.2, 0.25) is 5.91 Å². The smallest absolute Gasteiger partial charge is 0.247 e. The van der Waals surface area contributed by atoms with E-state index in [0.717, 1.165) is 36.3 Å². The van der Waals surface area contributed by atoms with Crippen molar-refractivity contribution < 1.29 is 9.53 Å². The first kappa shape index (κ1) is 15.3. The van der Waals surface area contributed by atoms with Gasteiger partial charge >= 0.3 is 0 Å². The molecule has 1 atom stereocenters. The molecule has 0 bridgehead atoms. The van der Waals surface area contributed by atoms with Gasteiger partial charge in [0.1, 0.15) is 5.75 Å². The minimum atomic E-state index is 0.0483. The number of hydrogen-bond acceptors (Lipinski definition) is 3. The molecule has 1 saturated heterocycles. The molecular formula is C19H20N2O2. The molecule has 0 radical (unpaired) electrons. The third-order valence-electron chi connectivity index (χ3n) is 4.14. The number of ether oxygens (including phenoxy) is 1. The number of amides is 1. The van der Waals surface area contributed by atoms with Crippen LogP contribution in [0.5, 0.6) is 5.75 Å². The van der Waals surface area contributed by atoms with Crippen LogP contribution in [0.4, 0.5) is 0 Å². The molecule has 1 aromatic carbocycles. The molecule has 1 aromatic heterocycles. The van der Waals surface area contributed by atoms with E-state index in [1.54, 1.807) is 25.6 Å². The van der Waals surface area contributed by atoms with Crippen LogP contribution in [0.3, 0.4) is 0 Å². The van der Waals surface area contributed by atoms with E-state index in [4.69, 9.17) is 4.74 Å². The van der Waals surface area contributed by atoms with E-state index >= 15 is 0 Å². The van der Waals surface area contributed by atoms with Crippen molar-refractivity contribution >= 4 is 12.0 Å². The molecule has 4 heteroatoms. The molecule has 1 amide bonds. The van der Waals surface area contributed by atoms with Crippen LogP contribution in [0.2, 0.25) is 0 Å². The summed E-state index contributed by atoms with van der Waals surface area (Å²) in [7, 11) is 1.66. The van der Waals surface area contributed by atoms with Gasteiger partial charge < -0.3 is 9.64 Å². The highest BCUT2D eigenvalue weighted by atomic mass is 16.5. The SMILES string of the molecule is COc1ccc(C2CCCN2C(=O)/C=C/c2cccnc2)cc1. The number of carbonyl (C=O) groups excluding carboxylic acids is 1. The summed E-state index contributed by atoms with van der Waals surface area (Å²) >= 11 is 0. The number of hydrogen-bond donors (Lipinski definition) is 0. The zero-order valence-corrected chi connectivity index (χ0v) is 13.2. The van der Waals surface area contributed by atoms with E-state index in [2.05, 4.69) is 4.98 Å². The fourth-order valence-corrected chi connectivity index (χ4v) is 2.94. The maximum absolute atomic E-state index is 12.5. The molecule has 0 aliphatic carbocycles. The van der Waals surface area contributed by atoms with Gasteiger partial charge in [-0.1, -0.05) is 18.2 Å². The second-order valence-electron chi connectivity index (χ2n) is 5.58. The standard InChI is InChI=1S/C19H20N2O2/c1-23-17-9-7-16(8-10-17)18-5-3-13-21(18)19(22)11-6-15-4-2-12-20-14-15/h2,4,6-12,14,18H,3,5,13H2,1H3/b11-6+. The number of carbonyl (C=O) groups is 1. The molecule has 23 heavy (non-hydrogen) atoms. The Labute approximate surface area is 136 Å². The average molecular weight is 308 g/mol. The molecule has 0 N–H and O–H groups in total. The summed E-state index contributed by atoms with van der Waals surface area (Å²) in [4.78, 5) is 18.5. The summed E-state index contributed by atoms with van der Waals surface area (Å²) in [6.07, 6.45) is 8.95. The number of rotatable bonds is 4. The first-order valence-corrected chi connectivity index (χ1v) is 7.80. The minimum absolute atomic E-state index is 0.0483. The monoisotopic (exact) mass is 308 g/mol. The Hall–Kier alpha value is -2.62. The van der Waals surface area contributed by atoms with Crippen LogP contribution in [0.15, 0.2) is 54.9 Å². The maximum Gasteiger partial charge on any atom is 0.247 e. The van der Waals surface area contributed by atoms with E-state index in [1.165, 1.54) is 0 Å². The maximum atomic E-state index is 12.5. The zero-order chi connectivity index (χ0) is 16.1. The van der Waals surface area contributed by atoms with Gasteiger partial charge in [-0.25, -0.2) is 0 Å². The van der Waals surface area contributed by atoms with Gasteiger partial charge in [-0.15, -0.1) is 0 Å². The van der Waals surface area contributed by atoms with Crippen molar-refractivity contribution in [1.82, 2.24) is 9.88 Å². The van der Waals surface area contributed by atoms with Crippen molar-refractivity contribution in [2.45, 2.75) is 18.9 Å². The van der Waals surface area contributed by atoms with E-state index in [-0.39, 0.29) is 11.9 Å². The lowest BCUT2D eigenvalue weighted by Crippen LogP contribution is -2.28. The second-order valence-corrected chi connectivity index (χ2v) is 5.58. The number of pyridine rings is 1. The lowest BCUT2D eigenvalue weighted by Gasteiger charge is -2.24. The summed E-state index contributed by atoms with van der Waals surface area (Å²) in [6.45, 7) is 0.799. The van der Waals surface area contributed by atoms with Gasteiger partial charge in [0.05, 0.1) is 13.2 Å². The highest BCUT2D eigenvalue weighted by Crippen LogP contribution is 2.32. The summed E-state index contributed by atoms with van der Waals surface area (Å²) in [5.74, 6) is 0.883. The topological polar surface area (TPSA) is 42.4 Å². The van der Waals surface area contributed by atoms with Crippen LogP contribution in [-0.2, 0) is 4.79 Å². The van der Waals surface area contributed by atoms with Gasteiger partial charge in [-0.05, 0) is 48.2 Å². The number of methoxy groups -OCH3 is 1. The number of aromatic nitrogens is 1. The lowest BCUT2D eigenvalue weighted by molar-refractivity contribution is -0.126. The molecule has 1 fully saturated rings. The van der Waals surface area contributed by atoms with E-state index < -0.39 is 0 Å². The van der Waals surface area contributed by atoms with Crippen molar-refractivity contribution in [2.75, 3.05) is 13.7 Å². The molecule has 118 valence electrons. The van der Waals surface area contributed by atoms with Crippen LogP contribution >= 0.6 is 0 Å². The van der Waals surface area contributed by atoms with Crippen LogP contribution < -0.4 is 4.74 Å². The van der Waals surface area contributed by atoms with Crippen molar-refractivity contribution in [3.05, 3.63) is 66.0 Å².